The molecule has 0 aliphatic carbocycles. The maximum atomic E-state index is 13.3. The molecule has 2 aromatic carbocycles. The second-order valence-electron chi connectivity index (χ2n) is 6.68. The fraction of sp³-hybridized carbons (Fsp3) is 0.250. The minimum Gasteiger partial charge on any atom is -0.369 e. The van der Waals surface area contributed by atoms with E-state index < -0.39 is 0 Å². The quantitative estimate of drug-likeness (QED) is 0.834. The van der Waals surface area contributed by atoms with Crippen molar-refractivity contribution in [2.75, 3.05) is 48.8 Å². The number of carbonyl (C=O) groups excluding carboxylic acids is 1. The predicted octanol–water partition coefficient (Wildman–Crippen LogP) is 2.98. The maximum Gasteiger partial charge on any atom is 0.257 e. The fourth-order valence-corrected chi connectivity index (χ4v) is 3.30. The Bertz CT molecular complexity index is 855. The van der Waals surface area contributed by atoms with Gasteiger partial charge in [-0.05, 0) is 49.5 Å². The molecule has 5 nitrogen and oxygen atoms in total. The van der Waals surface area contributed by atoms with Crippen LogP contribution in [0.4, 0.5) is 21.5 Å². The first-order valence-electron chi connectivity index (χ1n) is 8.72. The molecular weight excluding hydrogens is 331 g/mol. The van der Waals surface area contributed by atoms with E-state index in [-0.39, 0.29) is 11.7 Å². The third-order valence-corrected chi connectivity index (χ3v) is 4.88. The van der Waals surface area contributed by atoms with Crippen LogP contribution in [0, 0.1) is 5.82 Å². The predicted molar refractivity (Wildman–Crippen MR) is 103 cm³/mol. The van der Waals surface area contributed by atoms with Gasteiger partial charge in [-0.3, -0.25) is 4.79 Å². The summed E-state index contributed by atoms with van der Waals surface area (Å²) < 4.78 is 13.3. The van der Waals surface area contributed by atoms with E-state index in [1.165, 1.54) is 17.8 Å². The van der Waals surface area contributed by atoms with Gasteiger partial charge in [0.2, 0.25) is 0 Å². The second-order valence-corrected chi connectivity index (χ2v) is 6.68. The van der Waals surface area contributed by atoms with E-state index in [0.717, 1.165) is 31.9 Å². The standard InChI is InChI=1S/C20H21FN4O/c1-24-8-10-25(11-9-24)16-5-3-15(4-6-16)22-13-18-17-7-2-14(21)12-19(17)23-20(18)26/h2-7,12-13,22H,8-11H2,1H3,(H,23,26)/b18-13+. The van der Waals surface area contributed by atoms with Crippen LogP contribution in [-0.4, -0.2) is 44.0 Å². The van der Waals surface area contributed by atoms with Gasteiger partial charge in [0.15, 0.2) is 0 Å². The van der Waals surface area contributed by atoms with Crippen molar-refractivity contribution in [3.8, 4) is 0 Å². The number of rotatable bonds is 3. The van der Waals surface area contributed by atoms with E-state index in [1.54, 1.807) is 12.3 Å². The number of carbonyl (C=O) groups is 1. The van der Waals surface area contributed by atoms with Crippen LogP contribution < -0.4 is 15.5 Å². The molecule has 4 rings (SSSR count). The normalized spacial score (nSPS) is 18.8. The highest BCUT2D eigenvalue weighted by Crippen LogP contribution is 2.32. The average molecular weight is 352 g/mol. The average Bonchev–Trinajstić information content (AvgIpc) is 2.95. The number of hydrogen-bond acceptors (Lipinski definition) is 4. The zero-order valence-corrected chi connectivity index (χ0v) is 14.6. The lowest BCUT2D eigenvalue weighted by Gasteiger charge is -2.34. The highest BCUT2D eigenvalue weighted by atomic mass is 19.1. The number of likely N-dealkylation sites (N-methyl/N-ethyl adjacent to an activating group) is 1. The lowest BCUT2D eigenvalue weighted by molar-refractivity contribution is -0.110. The molecule has 2 heterocycles. The Hall–Kier alpha value is -2.86. The van der Waals surface area contributed by atoms with Crippen molar-refractivity contribution in [3.05, 3.63) is 60.0 Å². The Morgan fingerprint density at radius 2 is 1.81 bits per heavy atom. The number of halogens is 1. The van der Waals surface area contributed by atoms with E-state index >= 15 is 0 Å². The van der Waals surface area contributed by atoms with E-state index in [0.29, 0.717) is 16.8 Å². The van der Waals surface area contributed by atoms with Gasteiger partial charge >= 0.3 is 0 Å². The lowest BCUT2D eigenvalue weighted by Crippen LogP contribution is -2.44. The molecule has 0 spiro atoms. The van der Waals surface area contributed by atoms with Crippen molar-refractivity contribution in [3.63, 3.8) is 0 Å². The molecule has 2 aromatic rings. The summed E-state index contributed by atoms with van der Waals surface area (Å²) in [6, 6.07) is 12.5. The first-order chi connectivity index (χ1) is 12.6. The van der Waals surface area contributed by atoms with Gasteiger partial charge in [0.25, 0.3) is 5.91 Å². The number of anilines is 3. The largest absolute Gasteiger partial charge is 0.369 e. The van der Waals surface area contributed by atoms with Crippen LogP contribution in [0.1, 0.15) is 5.56 Å². The Morgan fingerprint density at radius 1 is 1.08 bits per heavy atom. The Labute approximate surface area is 152 Å². The smallest absolute Gasteiger partial charge is 0.257 e. The molecule has 134 valence electrons. The van der Waals surface area contributed by atoms with Gasteiger partial charge in [-0.1, -0.05) is 0 Å². The van der Waals surface area contributed by atoms with Gasteiger partial charge in [-0.2, -0.15) is 0 Å². The number of hydrogen-bond donors (Lipinski definition) is 2. The summed E-state index contributed by atoms with van der Waals surface area (Å²) in [6.07, 6.45) is 1.67. The van der Waals surface area contributed by atoms with Gasteiger partial charge in [0, 0.05) is 49.3 Å². The number of nitrogens with one attached hydrogen (secondary N) is 2. The molecular formula is C20H21FN4O. The summed E-state index contributed by atoms with van der Waals surface area (Å²) >= 11 is 0. The molecule has 6 heteroatoms. The molecule has 26 heavy (non-hydrogen) atoms. The van der Waals surface area contributed by atoms with Crippen LogP contribution in [-0.2, 0) is 4.79 Å². The van der Waals surface area contributed by atoms with Crippen molar-refractivity contribution >= 4 is 28.5 Å². The molecule has 2 N–H and O–H groups in total. The van der Waals surface area contributed by atoms with E-state index in [9.17, 15) is 9.18 Å². The number of piperazine rings is 1. The minimum absolute atomic E-state index is 0.229. The van der Waals surface area contributed by atoms with E-state index in [2.05, 4.69) is 39.6 Å². The van der Waals surface area contributed by atoms with Crippen LogP contribution in [0.3, 0.4) is 0 Å². The molecule has 2 aliphatic rings. The van der Waals surface area contributed by atoms with Crippen molar-refractivity contribution in [2.24, 2.45) is 0 Å². The van der Waals surface area contributed by atoms with Crippen molar-refractivity contribution in [2.45, 2.75) is 0 Å². The van der Waals surface area contributed by atoms with Gasteiger partial charge in [-0.25, -0.2) is 4.39 Å². The summed E-state index contributed by atoms with van der Waals surface area (Å²) in [5.74, 6) is -0.593. The minimum atomic E-state index is -0.363. The first-order valence-corrected chi connectivity index (χ1v) is 8.72. The summed E-state index contributed by atoms with van der Waals surface area (Å²) in [7, 11) is 2.14. The molecule has 2 aliphatic heterocycles. The van der Waals surface area contributed by atoms with Gasteiger partial charge in [-0.15, -0.1) is 0 Å². The molecule has 0 unspecified atom stereocenters. The van der Waals surface area contributed by atoms with Gasteiger partial charge in [0.05, 0.1) is 11.3 Å². The topological polar surface area (TPSA) is 47.6 Å². The highest BCUT2D eigenvalue weighted by molar-refractivity contribution is 6.31. The van der Waals surface area contributed by atoms with Crippen LogP contribution >= 0.6 is 0 Å². The van der Waals surface area contributed by atoms with E-state index in [1.807, 2.05) is 12.1 Å². The molecule has 0 aromatic heterocycles. The third-order valence-electron chi connectivity index (χ3n) is 4.88. The number of fused-ring (bicyclic) bond motifs is 1. The molecule has 0 radical (unpaired) electrons. The van der Waals surface area contributed by atoms with Crippen molar-refractivity contribution < 1.29 is 9.18 Å². The SMILES string of the molecule is CN1CCN(c2ccc(N/C=C3/C(=O)Nc4cc(F)ccc43)cc2)CC1. The molecule has 0 bridgehead atoms. The molecule has 1 saturated heterocycles. The Kier molecular flexibility index (Phi) is 4.34. The monoisotopic (exact) mass is 352 g/mol. The highest BCUT2D eigenvalue weighted by Gasteiger charge is 2.24. The van der Waals surface area contributed by atoms with Crippen LogP contribution in [0.25, 0.3) is 5.57 Å². The number of benzene rings is 2. The third kappa shape index (κ3) is 3.28. The van der Waals surface area contributed by atoms with Crippen LogP contribution in [0.5, 0.6) is 0 Å². The van der Waals surface area contributed by atoms with Gasteiger partial charge in [0.1, 0.15) is 5.82 Å². The van der Waals surface area contributed by atoms with Crippen molar-refractivity contribution in [1.82, 2.24) is 4.90 Å². The second kappa shape index (κ2) is 6.80. The maximum absolute atomic E-state index is 13.3. The molecule has 1 fully saturated rings. The summed E-state index contributed by atoms with van der Waals surface area (Å²) in [4.78, 5) is 16.8. The van der Waals surface area contributed by atoms with Gasteiger partial charge < -0.3 is 20.4 Å². The number of amides is 1. The Balaban J connectivity index is 1.47. The molecule has 1 amide bonds. The zero-order valence-electron chi connectivity index (χ0n) is 14.6. The van der Waals surface area contributed by atoms with Crippen LogP contribution in [0.2, 0.25) is 0 Å². The lowest BCUT2D eigenvalue weighted by atomic mass is 10.1. The summed E-state index contributed by atoms with van der Waals surface area (Å²) in [5, 5.41) is 5.85. The fourth-order valence-electron chi connectivity index (χ4n) is 3.30. The number of nitrogens with zero attached hydrogens (tertiary/aromatic N) is 2. The van der Waals surface area contributed by atoms with E-state index in [4.69, 9.17) is 0 Å². The first kappa shape index (κ1) is 16.6. The summed E-state index contributed by atoms with van der Waals surface area (Å²) in [5.41, 5.74) is 3.82. The van der Waals surface area contributed by atoms with Crippen LogP contribution in [0.15, 0.2) is 48.7 Å². The molecule has 0 saturated carbocycles. The Morgan fingerprint density at radius 3 is 2.54 bits per heavy atom. The zero-order chi connectivity index (χ0) is 18.1. The summed E-state index contributed by atoms with van der Waals surface area (Å²) in [6.45, 7) is 4.20. The molecule has 0 atom stereocenters. The van der Waals surface area contributed by atoms with Crippen molar-refractivity contribution in [1.29, 1.82) is 0 Å².